The van der Waals surface area contributed by atoms with E-state index in [-0.39, 0.29) is 37.1 Å². The number of benzene rings is 1. The van der Waals surface area contributed by atoms with Crippen LogP contribution in [-0.2, 0) is 11.2 Å². The van der Waals surface area contributed by atoms with Crippen molar-refractivity contribution in [1.82, 2.24) is 0 Å². The van der Waals surface area contributed by atoms with E-state index in [1.807, 2.05) is 0 Å². The number of halogens is 5. The summed E-state index contributed by atoms with van der Waals surface area (Å²) in [5, 5.41) is 9.37. The Morgan fingerprint density at radius 2 is 1.39 bits per heavy atom. The van der Waals surface area contributed by atoms with Crippen LogP contribution in [-0.4, -0.2) is 11.1 Å². The highest BCUT2D eigenvalue weighted by molar-refractivity contribution is 6.55. The fourth-order valence-electron chi connectivity index (χ4n) is 1.17. The predicted molar refractivity (Wildman–Crippen MR) is 76.6 cm³/mol. The fourth-order valence-corrected chi connectivity index (χ4v) is 2.50. The minimum Gasteiger partial charge on any atom is -0.478 e. The van der Waals surface area contributed by atoms with Gasteiger partial charge in [-0.2, -0.15) is 0 Å². The van der Waals surface area contributed by atoms with Crippen molar-refractivity contribution in [2.24, 2.45) is 0 Å². The first kappa shape index (κ1) is 15.9. The van der Waals surface area contributed by atoms with E-state index in [1.165, 1.54) is 13.0 Å². The molecule has 1 aromatic carbocycles. The van der Waals surface area contributed by atoms with Crippen molar-refractivity contribution in [1.29, 1.82) is 0 Å². The molecular formula is C11H7Cl5O2. The van der Waals surface area contributed by atoms with Gasteiger partial charge in [-0.3, -0.25) is 0 Å². The first-order valence-corrected chi connectivity index (χ1v) is 6.56. The van der Waals surface area contributed by atoms with Crippen LogP contribution < -0.4 is 0 Å². The third-order valence-electron chi connectivity index (χ3n) is 2.25. The maximum Gasteiger partial charge on any atom is 0.330 e. The molecule has 0 bridgehead atoms. The van der Waals surface area contributed by atoms with Gasteiger partial charge in [-0.25, -0.2) is 4.79 Å². The van der Waals surface area contributed by atoms with E-state index in [0.717, 1.165) is 0 Å². The number of allylic oxidation sites excluding steroid dienone is 1. The molecule has 0 spiro atoms. The highest BCUT2D eigenvalue weighted by atomic mass is 35.5. The van der Waals surface area contributed by atoms with Crippen LogP contribution in [0.3, 0.4) is 0 Å². The third kappa shape index (κ3) is 3.25. The Hall–Kier alpha value is -0.120. The monoisotopic (exact) mass is 346 g/mol. The summed E-state index contributed by atoms with van der Waals surface area (Å²) in [7, 11) is 0. The van der Waals surface area contributed by atoms with Gasteiger partial charge in [-0.1, -0.05) is 64.1 Å². The molecule has 0 aliphatic heterocycles. The van der Waals surface area contributed by atoms with Crippen LogP contribution in [0, 0.1) is 0 Å². The maximum atomic E-state index is 10.7. The van der Waals surface area contributed by atoms with Gasteiger partial charge in [0.05, 0.1) is 25.1 Å². The summed E-state index contributed by atoms with van der Waals surface area (Å²) in [6, 6.07) is 0. The van der Waals surface area contributed by atoms with Crippen LogP contribution in [0.5, 0.6) is 0 Å². The Morgan fingerprint density at radius 3 is 1.78 bits per heavy atom. The van der Waals surface area contributed by atoms with Gasteiger partial charge in [0.25, 0.3) is 0 Å². The van der Waals surface area contributed by atoms with E-state index >= 15 is 0 Å². The van der Waals surface area contributed by atoms with Crippen molar-refractivity contribution in [3.8, 4) is 0 Å². The highest BCUT2D eigenvalue weighted by Crippen LogP contribution is 2.44. The predicted octanol–water partition coefficient (Wildman–Crippen LogP) is 5.53. The molecule has 0 saturated carbocycles. The van der Waals surface area contributed by atoms with Crippen LogP contribution in [0.2, 0.25) is 25.1 Å². The number of carboxylic acids is 1. The van der Waals surface area contributed by atoms with Crippen molar-refractivity contribution in [3.63, 3.8) is 0 Å². The zero-order valence-corrected chi connectivity index (χ0v) is 12.8. The number of carbonyl (C=O) groups is 1. The van der Waals surface area contributed by atoms with Crippen molar-refractivity contribution in [3.05, 3.63) is 42.3 Å². The molecule has 7 heteroatoms. The summed E-state index contributed by atoms with van der Waals surface area (Å²) >= 11 is 29.6. The maximum absolute atomic E-state index is 10.7. The van der Waals surface area contributed by atoms with Gasteiger partial charge in [0.2, 0.25) is 0 Å². The lowest BCUT2D eigenvalue weighted by Crippen LogP contribution is -1.97. The van der Waals surface area contributed by atoms with Crippen molar-refractivity contribution in [2.75, 3.05) is 0 Å². The van der Waals surface area contributed by atoms with E-state index in [4.69, 9.17) is 63.1 Å². The van der Waals surface area contributed by atoms with Crippen LogP contribution in [0.4, 0.5) is 0 Å². The van der Waals surface area contributed by atoms with Crippen molar-refractivity contribution in [2.45, 2.75) is 13.3 Å². The Morgan fingerprint density at radius 1 is 1.00 bits per heavy atom. The number of hydrogen-bond donors (Lipinski definition) is 1. The first-order valence-electron chi connectivity index (χ1n) is 4.67. The molecule has 18 heavy (non-hydrogen) atoms. The summed E-state index contributed by atoms with van der Waals surface area (Å²) in [6.45, 7) is 1.46. The molecule has 0 atom stereocenters. The summed E-state index contributed by atoms with van der Waals surface area (Å²) in [4.78, 5) is 10.7. The second-order valence-electron chi connectivity index (χ2n) is 3.44. The summed E-state index contributed by atoms with van der Waals surface area (Å²) < 4.78 is 0. The molecule has 1 N–H and O–H groups in total. The van der Waals surface area contributed by atoms with E-state index < -0.39 is 5.97 Å². The van der Waals surface area contributed by atoms with Crippen LogP contribution in [0.1, 0.15) is 12.5 Å². The lowest BCUT2D eigenvalue weighted by Gasteiger charge is -2.11. The lowest BCUT2D eigenvalue weighted by atomic mass is 10.1. The van der Waals surface area contributed by atoms with Gasteiger partial charge >= 0.3 is 5.97 Å². The number of aliphatic carboxylic acids is 1. The van der Waals surface area contributed by atoms with Crippen LogP contribution >= 0.6 is 58.0 Å². The summed E-state index contributed by atoms with van der Waals surface area (Å²) in [5.41, 5.74) is 0.614. The van der Waals surface area contributed by atoms with Gasteiger partial charge in [0.1, 0.15) is 0 Å². The lowest BCUT2D eigenvalue weighted by molar-refractivity contribution is -0.132. The zero-order valence-electron chi connectivity index (χ0n) is 9.03. The second-order valence-corrected chi connectivity index (χ2v) is 5.33. The van der Waals surface area contributed by atoms with E-state index in [2.05, 4.69) is 0 Å². The topological polar surface area (TPSA) is 37.3 Å². The number of carboxylic acid groups (broad SMARTS) is 1. The molecule has 1 rings (SSSR count). The first-order chi connectivity index (χ1) is 8.27. The summed E-state index contributed by atoms with van der Waals surface area (Å²) in [6.07, 6.45) is 1.67. The Labute approximate surface area is 129 Å². The minimum absolute atomic E-state index is 0.0796. The molecule has 2 nitrogen and oxygen atoms in total. The van der Waals surface area contributed by atoms with Gasteiger partial charge < -0.3 is 5.11 Å². The average Bonchev–Trinajstić information content (AvgIpc) is 2.33. The standard InChI is InChI=1S/C11H7Cl5O2/c1-4(11(17)18)2-3-5-6(12)8(14)10(16)9(15)7(5)13/h2H,3H2,1H3,(H,17,18). The quantitative estimate of drug-likeness (QED) is 0.443. The van der Waals surface area contributed by atoms with Gasteiger partial charge in [0, 0.05) is 5.57 Å². The van der Waals surface area contributed by atoms with Crippen molar-refractivity contribution < 1.29 is 9.90 Å². The molecular weight excluding hydrogens is 341 g/mol. The number of hydrogen-bond acceptors (Lipinski definition) is 1. The van der Waals surface area contributed by atoms with Gasteiger partial charge in [-0.15, -0.1) is 0 Å². The molecule has 0 heterocycles. The summed E-state index contributed by atoms with van der Waals surface area (Å²) in [5.74, 6) is -1.02. The second kappa shape index (κ2) is 6.36. The Bertz CT molecular complexity index is 508. The molecule has 0 unspecified atom stereocenters. The molecule has 0 aliphatic carbocycles. The fraction of sp³-hybridized carbons (Fsp3) is 0.182. The SMILES string of the molecule is CC(=CCc1c(Cl)c(Cl)c(Cl)c(Cl)c1Cl)C(=O)O. The molecule has 0 saturated heterocycles. The Kier molecular flexibility index (Phi) is 5.63. The van der Waals surface area contributed by atoms with Crippen LogP contribution in [0.15, 0.2) is 11.6 Å². The van der Waals surface area contributed by atoms with E-state index in [9.17, 15) is 4.79 Å². The molecule has 1 aromatic rings. The minimum atomic E-state index is -1.02. The molecule has 0 aromatic heterocycles. The van der Waals surface area contributed by atoms with Gasteiger partial charge in [0.15, 0.2) is 0 Å². The molecule has 0 fully saturated rings. The number of rotatable bonds is 3. The average molecular weight is 348 g/mol. The van der Waals surface area contributed by atoms with E-state index in [1.54, 1.807) is 0 Å². The Balaban J connectivity index is 3.27. The largest absolute Gasteiger partial charge is 0.478 e. The van der Waals surface area contributed by atoms with Gasteiger partial charge in [-0.05, 0) is 18.9 Å². The van der Waals surface area contributed by atoms with Crippen LogP contribution in [0.25, 0.3) is 0 Å². The smallest absolute Gasteiger partial charge is 0.330 e. The zero-order chi connectivity index (χ0) is 14.0. The third-order valence-corrected chi connectivity index (χ3v) is 4.61. The molecule has 0 radical (unpaired) electrons. The highest BCUT2D eigenvalue weighted by Gasteiger charge is 2.18. The molecule has 0 amide bonds. The molecule has 98 valence electrons. The van der Waals surface area contributed by atoms with Crippen molar-refractivity contribution >= 4 is 64.0 Å². The van der Waals surface area contributed by atoms with E-state index in [0.29, 0.717) is 5.56 Å². The normalized spacial score (nSPS) is 11.8. The molecule has 0 aliphatic rings.